The van der Waals surface area contributed by atoms with Crippen LogP contribution in [0.15, 0.2) is 114 Å². The number of hydrogen-bond donors (Lipinski definition) is 1. The molecule has 1 amide bonds. The Morgan fingerprint density at radius 2 is 1.47 bits per heavy atom. The fourth-order valence-corrected chi connectivity index (χ4v) is 6.08. The predicted molar refractivity (Wildman–Crippen MR) is 146 cm³/mol. The number of nitrogens with one attached hydrogen (secondary N) is 1. The molecular weight excluding hydrogens is 472 g/mol. The molecule has 0 aromatic heterocycles. The second kappa shape index (κ2) is 8.67. The maximum Gasteiger partial charge on any atom is 0.259 e. The summed E-state index contributed by atoms with van der Waals surface area (Å²) in [7, 11) is 0. The predicted octanol–water partition coefficient (Wildman–Crippen LogP) is 6.45. The van der Waals surface area contributed by atoms with Crippen molar-refractivity contribution in [2.24, 2.45) is 0 Å². The summed E-state index contributed by atoms with van der Waals surface area (Å²) in [5.41, 5.74) is 6.47. The molecular formula is C33H24N2O3. The normalized spacial score (nSPS) is 19.6. The van der Waals surface area contributed by atoms with Crippen LogP contribution in [0.1, 0.15) is 62.2 Å². The third-order valence-electron chi connectivity index (χ3n) is 7.85. The van der Waals surface area contributed by atoms with Crippen LogP contribution in [0.5, 0.6) is 0 Å². The molecule has 0 unspecified atom stereocenters. The molecule has 1 N–H and O–H groups in total. The fraction of sp³-hybridized carbons (Fsp3) is 0.121. The minimum absolute atomic E-state index is 0.0337. The molecule has 4 aromatic carbocycles. The Morgan fingerprint density at radius 3 is 2.26 bits per heavy atom. The molecule has 0 saturated carbocycles. The number of carbonyl (C=O) groups excluding carboxylic acids is 3. The Kier molecular flexibility index (Phi) is 5.11. The molecule has 0 fully saturated rings. The zero-order chi connectivity index (χ0) is 25.8. The number of ketones is 2. The second-order valence-electron chi connectivity index (χ2n) is 10.0. The van der Waals surface area contributed by atoms with Gasteiger partial charge in [-0.25, -0.2) is 0 Å². The average molecular weight is 497 g/mol. The van der Waals surface area contributed by atoms with E-state index in [1.54, 1.807) is 23.1 Å². The molecule has 38 heavy (non-hydrogen) atoms. The van der Waals surface area contributed by atoms with E-state index in [0.717, 1.165) is 16.8 Å². The fourth-order valence-electron chi connectivity index (χ4n) is 6.08. The van der Waals surface area contributed by atoms with Gasteiger partial charge >= 0.3 is 0 Å². The van der Waals surface area contributed by atoms with Gasteiger partial charge in [0, 0.05) is 34.4 Å². The first-order valence-corrected chi connectivity index (χ1v) is 12.8. The number of allylic oxidation sites excluding steroid dienone is 1. The number of anilines is 2. The Bertz CT molecular complexity index is 1660. The minimum atomic E-state index is -0.498. The molecule has 4 aromatic rings. The first-order valence-electron chi connectivity index (χ1n) is 12.8. The molecule has 1 aliphatic carbocycles. The highest BCUT2D eigenvalue weighted by atomic mass is 16.2. The van der Waals surface area contributed by atoms with E-state index >= 15 is 0 Å². The van der Waals surface area contributed by atoms with Crippen molar-refractivity contribution in [3.63, 3.8) is 0 Å². The van der Waals surface area contributed by atoms with Gasteiger partial charge in [0.25, 0.3) is 5.91 Å². The highest BCUT2D eigenvalue weighted by Crippen LogP contribution is 2.51. The van der Waals surface area contributed by atoms with Gasteiger partial charge in [-0.3, -0.25) is 19.3 Å². The van der Waals surface area contributed by atoms with Crippen molar-refractivity contribution in [2.45, 2.75) is 24.8 Å². The first-order chi connectivity index (χ1) is 18.6. The summed E-state index contributed by atoms with van der Waals surface area (Å²) in [6.45, 7) is 0. The Morgan fingerprint density at radius 1 is 0.763 bits per heavy atom. The molecule has 0 radical (unpaired) electrons. The van der Waals surface area contributed by atoms with Gasteiger partial charge in [-0.15, -0.1) is 0 Å². The SMILES string of the molecule is O=C1C[C@@H](c2ccccc2)CC2=C1[C@H]1c3ccccc3C(=O)N1c1ccc(C(=O)c3ccccc3)cc1N2. The van der Waals surface area contributed by atoms with E-state index in [4.69, 9.17) is 0 Å². The molecule has 5 heteroatoms. The highest BCUT2D eigenvalue weighted by Gasteiger charge is 2.46. The van der Waals surface area contributed by atoms with Crippen molar-refractivity contribution in [1.29, 1.82) is 0 Å². The van der Waals surface area contributed by atoms with E-state index < -0.39 is 6.04 Å². The van der Waals surface area contributed by atoms with Gasteiger partial charge in [-0.05, 0) is 47.7 Å². The van der Waals surface area contributed by atoms with Crippen molar-refractivity contribution in [1.82, 2.24) is 0 Å². The summed E-state index contributed by atoms with van der Waals surface area (Å²) in [5.74, 6) is -0.155. The lowest BCUT2D eigenvalue weighted by Crippen LogP contribution is -2.32. The number of hydrogen-bond acceptors (Lipinski definition) is 4. The van der Waals surface area contributed by atoms with Gasteiger partial charge in [0.15, 0.2) is 11.6 Å². The summed E-state index contributed by atoms with van der Waals surface area (Å²) in [5, 5.41) is 3.53. The van der Waals surface area contributed by atoms with E-state index in [2.05, 4.69) is 17.4 Å². The summed E-state index contributed by atoms with van der Waals surface area (Å²) in [4.78, 5) is 42.6. The molecule has 0 spiro atoms. The number of benzene rings is 4. The van der Waals surface area contributed by atoms with Crippen LogP contribution in [0.3, 0.4) is 0 Å². The zero-order valence-electron chi connectivity index (χ0n) is 20.6. The molecule has 2 atom stereocenters. The van der Waals surface area contributed by atoms with E-state index in [1.165, 1.54) is 0 Å². The quantitative estimate of drug-likeness (QED) is 0.331. The molecule has 0 saturated heterocycles. The third kappa shape index (κ3) is 3.43. The Hall–Kier alpha value is -4.77. The van der Waals surface area contributed by atoms with Gasteiger partial charge in [-0.1, -0.05) is 78.9 Å². The largest absolute Gasteiger partial charge is 0.357 e. The topological polar surface area (TPSA) is 66.5 Å². The lowest BCUT2D eigenvalue weighted by molar-refractivity contribution is -0.116. The molecule has 2 aliphatic heterocycles. The number of Topliss-reactive ketones (excluding diaryl/α,β-unsaturated/α-hetero) is 1. The zero-order valence-corrected chi connectivity index (χ0v) is 20.6. The molecule has 5 nitrogen and oxygen atoms in total. The Labute approximate surface area is 220 Å². The van der Waals surface area contributed by atoms with E-state index in [-0.39, 0.29) is 23.4 Å². The third-order valence-corrected chi connectivity index (χ3v) is 7.85. The molecule has 184 valence electrons. The number of fused-ring (bicyclic) bond motifs is 6. The van der Waals surface area contributed by atoms with Crippen LogP contribution in [0.2, 0.25) is 0 Å². The standard InChI is InChI=1S/C33H24N2O3/c36-29-19-23(20-9-3-1-4-10-20)18-27-30(29)31-24-13-7-8-14-25(24)33(38)35(31)28-16-15-22(17-26(28)34-27)32(37)21-11-5-2-6-12-21/h1-17,23,31,34H,18-19H2/t23-,31+/m0/s1. The van der Waals surface area contributed by atoms with Gasteiger partial charge in [0.1, 0.15) is 0 Å². The molecule has 2 heterocycles. The van der Waals surface area contributed by atoms with Crippen molar-refractivity contribution in [3.8, 4) is 0 Å². The van der Waals surface area contributed by atoms with Crippen LogP contribution in [0.25, 0.3) is 0 Å². The van der Waals surface area contributed by atoms with Crippen LogP contribution in [-0.4, -0.2) is 17.5 Å². The molecule has 0 bridgehead atoms. The van der Waals surface area contributed by atoms with Crippen molar-refractivity contribution < 1.29 is 14.4 Å². The van der Waals surface area contributed by atoms with E-state index in [0.29, 0.717) is 46.5 Å². The van der Waals surface area contributed by atoms with E-state index in [1.807, 2.05) is 72.8 Å². The van der Waals surface area contributed by atoms with Crippen LogP contribution >= 0.6 is 0 Å². The second-order valence-corrected chi connectivity index (χ2v) is 10.0. The number of nitrogens with zero attached hydrogens (tertiary/aromatic N) is 1. The van der Waals surface area contributed by atoms with Crippen LogP contribution < -0.4 is 10.2 Å². The van der Waals surface area contributed by atoms with Gasteiger partial charge in [-0.2, -0.15) is 0 Å². The summed E-state index contributed by atoms with van der Waals surface area (Å²) >= 11 is 0. The van der Waals surface area contributed by atoms with Gasteiger partial charge < -0.3 is 5.32 Å². The maximum absolute atomic E-state index is 13.8. The minimum Gasteiger partial charge on any atom is -0.357 e. The number of carbonyl (C=O) groups is 3. The molecule has 3 aliphatic rings. The molecule has 7 rings (SSSR count). The monoisotopic (exact) mass is 496 g/mol. The average Bonchev–Trinajstić information content (AvgIpc) is 3.15. The first kappa shape index (κ1) is 22.4. The van der Waals surface area contributed by atoms with Crippen LogP contribution in [0.4, 0.5) is 11.4 Å². The maximum atomic E-state index is 13.8. The van der Waals surface area contributed by atoms with Crippen LogP contribution in [-0.2, 0) is 4.79 Å². The van der Waals surface area contributed by atoms with Crippen molar-refractivity contribution >= 4 is 28.8 Å². The van der Waals surface area contributed by atoms with Crippen molar-refractivity contribution in [2.75, 3.05) is 10.2 Å². The lowest BCUT2D eigenvalue weighted by Gasteiger charge is -2.30. The summed E-state index contributed by atoms with van der Waals surface area (Å²) in [6.07, 6.45) is 1.03. The van der Waals surface area contributed by atoms with Crippen molar-refractivity contribution in [3.05, 3.63) is 142 Å². The van der Waals surface area contributed by atoms with Crippen LogP contribution in [0, 0.1) is 0 Å². The number of amides is 1. The highest BCUT2D eigenvalue weighted by molar-refractivity contribution is 6.17. The van der Waals surface area contributed by atoms with Gasteiger partial charge in [0.2, 0.25) is 0 Å². The lowest BCUT2D eigenvalue weighted by atomic mass is 9.78. The van der Waals surface area contributed by atoms with E-state index in [9.17, 15) is 14.4 Å². The summed E-state index contributed by atoms with van der Waals surface area (Å²) < 4.78 is 0. The summed E-state index contributed by atoms with van der Waals surface area (Å²) in [6, 6.07) is 31.7. The number of rotatable bonds is 3. The Balaban J connectivity index is 1.39. The van der Waals surface area contributed by atoms with Gasteiger partial charge in [0.05, 0.1) is 17.4 Å². The smallest absolute Gasteiger partial charge is 0.259 e.